The molecule has 1 atom stereocenters. The fourth-order valence-electron chi connectivity index (χ4n) is 1.42. The van der Waals surface area contributed by atoms with Crippen molar-refractivity contribution in [2.75, 3.05) is 11.9 Å². The molecule has 16 heavy (non-hydrogen) atoms. The van der Waals surface area contributed by atoms with Crippen LogP contribution in [0.2, 0.25) is 0 Å². The second-order valence-corrected chi connectivity index (χ2v) is 4.34. The van der Waals surface area contributed by atoms with Crippen LogP contribution in [0.15, 0.2) is 6.07 Å². The largest absolute Gasteiger partial charge is 0.394 e. The second-order valence-electron chi connectivity index (χ2n) is 4.34. The van der Waals surface area contributed by atoms with Gasteiger partial charge in [-0.2, -0.15) is 0 Å². The number of hydrogen-bond acceptors (Lipinski definition) is 4. The van der Waals surface area contributed by atoms with Gasteiger partial charge in [0.15, 0.2) is 0 Å². The van der Waals surface area contributed by atoms with E-state index in [2.05, 4.69) is 22.2 Å². The van der Waals surface area contributed by atoms with Gasteiger partial charge in [0.25, 0.3) is 0 Å². The molecule has 1 aromatic rings. The molecule has 0 amide bonds. The normalized spacial score (nSPS) is 14.6. The average molecular weight is 223 g/mol. The fraction of sp³-hybridized carbons (Fsp3) is 0.667. The van der Waals surface area contributed by atoms with Crippen LogP contribution in [-0.2, 0) is 6.42 Å². The van der Waals surface area contributed by atoms with Crippen molar-refractivity contribution in [2.24, 2.45) is 0 Å². The van der Waals surface area contributed by atoms with Crippen LogP contribution in [0.3, 0.4) is 0 Å². The molecule has 0 spiro atoms. The van der Waals surface area contributed by atoms with Crippen LogP contribution in [0.1, 0.15) is 38.7 Å². The van der Waals surface area contributed by atoms with E-state index in [0.717, 1.165) is 30.2 Å². The predicted molar refractivity (Wildman–Crippen MR) is 65.6 cm³/mol. The number of aliphatic hydroxyl groups is 1. The van der Waals surface area contributed by atoms with E-state index in [-0.39, 0.29) is 12.1 Å². The lowest BCUT2D eigenvalue weighted by atomic mass is 10.0. The Morgan fingerprint density at radius 1 is 1.38 bits per heavy atom. The van der Waals surface area contributed by atoms with Gasteiger partial charge in [0.2, 0.25) is 0 Å². The zero-order chi connectivity index (χ0) is 12.2. The van der Waals surface area contributed by atoms with Crippen molar-refractivity contribution in [3.63, 3.8) is 0 Å². The van der Waals surface area contributed by atoms with Crippen LogP contribution in [0.4, 0.5) is 5.82 Å². The molecule has 90 valence electrons. The number of nitrogens with one attached hydrogen (secondary N) is 1. The fourth-order valence-corrected chi connectivity index (χ4v) is 1.42. The van der Waals surface area contributed by atoms with Crippen LogP contribution in [0.5, 0.6) is 0 Å². The van der Waals surface area contributed by atoms with Gasteiger partial charge in [0.1, 0.15) is 11.6 Å². The summed E-state index contributed by atoms with van der Waals surface area (Å²) in [6.07, 6.45) is 1.73. The molecule has 1 aromatic heterocycles. The Balaban J connectivity index is 2.92. The molecule has 1 unspecified atom stereocenters. The van der Waals surface area contributed by atoms with Gasteiger partial charge in [0, 0.05) is 11.8 Å². The number of aryl methyl sites for hydroxylation is 2. The molecule has 4 heteroatoms. The van der Waals surface area contributed by atoms with Gasteiger partial charge in [-0.1, -0.05) is 13.8 Å². The Hall–Kier alpha value is -1.16. The van der Waals surface area contributed by atoms with E-state index in [4.69, 9.17) is 0 Å². The van der Waals surface area contributed by atoms with Crippen molar-refractivity contribution >= 4 is 5.82 Å². The quantitative estimate of drug-likeness (QED) is 0.800. The minimum Gasteiger partial charge on any atom is -0.394 e. The summed E-state index contributed by atoms with van der Waals surface area (Å²) < 4.78 is 0. The van der Waals surface area contributed by atoms with Crippen LogP contribution >= 0.6 is 0 Å². The molecule has 0 aromatic carbocycles. The maximum Gasteiger partial charge on any atom is 0.130 e. The predicted octanol–water partition coefficient (Wildman–Crippen LogP) is 1.92. The highest BCUT2D eigenvalue weighted by atomic mass is 16.3. The third-order valence-corrected chi connectivity index (χ3v) is 2.81. The lowest BCUT2D eigenvalue weighted by Gasteiger charge is -2.28. The summed E-state index contributed by atoms with van der Waals surface area (Å²) in [5, 5.41) is 12.6. The summed E-state index contributed by atoms with van der Waals surface area (Å²) in [6.45, 7) is 8.06. The Morgan fingerprint density at radius 3 is 2.56 bits per heavy atom. The number of anilines is 1. The minimum atomic E-state index is -0.314. The van der Waals surface area contributed by atoms with E-state index in [1.807, 2.05) is 26.8 Å². The van der Waals surface area contributed by atoms with E-state index in [9.17, 15) is 5.11 Å². The zero-order valence-electron chi connectivity index (χ0n) is 10.5. The van der Waals surface area contributed by atoms with E-state index in [1.165, 1.54) is 0 Å². The first-order valence-electron chi connectivity index (χ1n) is 5.76. The van der Waals surface area contributed by atoms with Crippen LogP contribution in [0, 0.1) is 6.92 Å². The van der Waals surface area contributed by atoms with E-state index < -0.39 is 0 Å². The van der Waals surface area contributed by atoms with Crippen LogP contribution in [-0.4, -0.2) is 27.2 Å². The van der Waals surface area contributed by atoms with Crippen molar-refractivity contribution < 1.29 is 5.11 Å². The molecule has 1 heterocycles. The molecule has 0 aliphatic carbocycles. The molecule has 0 saturated carbocycles. The molecule has 0 radical (unpaired) electrons. The van der Waals surface area contributed by atoms with E-state index >= 15 is 0 Å². The lowest BCUT2D eigenvalue weighted by molar-refractivity contribution is 0.218. The second kappa shape index (κ2) is 5.25. The summed E-state index contributed by atoms with van der Waals surface area (Å²) in [7, 11) is 0. The highest BCUT2D eigenvalue weighted by Gasteiger charge is 2.21. The summed E-state index contributed by atoms with van der Waals surface area (Å²) in [4.78, 5) is 8.65. The Kier molecular flexibility index (Phi) is 4.24. The molecule has 0 saturated heterocycles. The molecule has 0 aliphatic rings. The van der Waals surface area contributed by atoms with Crippen LogP contribution in [0.25, 0.3) is 0 Å². The minimum absolute atomic E-state index is 0.0913. The highest BCUT2D eigenvalue weighted by molar-refractivity contribution is 5.39. The first-order chi connectivity index (χ1) is 7.53. The van der Waals surface area contributed by atoms with Gasteiger partial charge in [-0.3, -0.25) is 0 Å². The average Bonchev–Trinajstić information content (AvgIpc) is 2.28. The maximum atomic E-state index is 9.34. The van der Waals surface area contributed by atoms with Crippen molar-refractivity contribution in [1.29, 1.82) is 0 Å². The SMILES string of the molecule is CCc1cc(NC(C)(CC)CO)nc(C)n1. The smallest absolute Gasteiger partial charge is 0.130 e. The lowest BCUT2D eigenvalue weighted by Crippen LogP contribution is -2.38. The van der Waals surface area contributed by atoms with Crippen molar-refractivity contribution in [1.82, 2.24) is 9.97 Å². The van der Waals surface area contributed by atoms with Crippen molar-refractivity contribution in [3.05, 3.63) is 17.6 Å². The molecule has 0 fully saturated rings. The maximum absolute atomic E-state index is 9.34. The molecular weight excluding hydrogens is 202 g/mol. The van der Waals surface area contributed by atoms with Crippen LogP contribution < -0.4 is 5.32 Å². The van der Waals surface area contributed by atoms with Gasteiger partial charge >= 0.3 is 0 Å². The van der Waals surface area contributed by atoms with Crippen molar-refractivity contribution in [3.8, 4) is 0 Å². The monoisotopic (exact) mass is 223 g/mol. The number of rotatable bonds is 5. The summed E-state index contributed by atoms with van der Waals surface area (Å²) >= 11 is 0. The van der Waals surface area contributed by atoms with E-state index in [0.29, 0.717) is 0 Å². The van der Waals surface area contributed by atoms with E-state index in [1.54, 1.807) is 0 Å². The third-order valence-electron chi connectivity index (χ3n) is 2.81. The number of nitrogens with zero attached hydrogens (tertiary/aromatic N) is 2. The first-order valence-corrected chi connectivity index (χ1v) is 5.76. The molecule has 1 rings (SSSR count). The molecule has 0 bridgehead atoms. The van der Waals surface area contributed by atoms with Gasteiger partial charge < -0.3 is 10.4 Å². The number of aliphatic hydroxyl groups excluding tert-OH is 1. The summed E-state index contributed by atoms with van der Waals surface area (Å²) in [5.41, 5.74) is 0.706. The van der Waals surface area contributed by atoms with Gasteiger partial charge in [-0.15, -0.1) is 0 Å². The Bertz CT molecular complexity index is 348. The number of hydrogen-bond donors (Lipinski definition) is 2. The molecule has 2 N–H and O–H groups in total. The Labute approximate surface area is 97.1 Å². The van der Waals surface area contributed by atoms with Crippen molar-refractivity contribution in [2.45, 2.75) is 46.1 Å². The zero-order valence-corrected chi connectivity index (χ0v) is 10.5. The topological polar surface area (TPSA) is 58.0 Å². The summed E-state index contributed by atoms with van der Waals surface area (Å²) in [6, 6.07) is 1.94. The van der Waals surface area contributed by atoms with Gasteiger partial charge in [-0.25, -0.2) is 9.97 Å². The molecule has 4 nitrogen and oxygen atoms in total. The van der Waals surface area contributed by atoms with Gasteiger partial charge in [0.05, 0.1) is 12.1 Å². The first kappa shape index (κ1) is 12.9. The third kappa shape index (κ3) is 3.17. The summed E-state index contributed by atoms with van der Waals surface area (Å²) in [5.74, 6) is 1.56. The Morgan fingerprint density at radius 2 is 2.06 bits per heavy atom. The molecule has 0 aliphatic heterocycles. The molecular formula is C12H21N3O. The van der Waals surface area contributed by atoms with Gasteiger partial charge in [-0.05, 0) is 26.7 Å². The highest BCUT2D eigenvalue weighted by Crippen LogP contribution is 2.17. The standard InChI is InChI=1S/C12H21N3O/c1-5-10-7-11(14-9(3)13-10)15-12(4,6-2)8-16/h7,16H,5-6,8H2,1-4H3,(H,13,14,15). The number of aromatic nitrogens is 2.